The van der Waals surface area contributed by atoms with Gasteiger partial charge in [0, 0.05) is 33.4 Å². The van der Waals surface area contributed by atoms with Gasteiger partial charge in [0.2, 0.25) is 0 Å². The molecule has 1 amide bonds. The molecule has 94 valence electrons. The van der Waals surface area contributed by atoms with Crippen LogP contribution in [0.5, 0.6) is 0 Å². The molecule has 1 aromatic heterocycles. The molecule has 6 nitrogen and oxygen atoms in total. The van der Waals surface area contributed by atoms with Crippen molar-refractivity contribution in [3.63, 3.8) is 0 Å². The molecule has 0 unspecified atom stereocenters. The largest absolute Gasteiger partial charge is 0.385 e. The van der Waals surface area contributed by atoms with E-state index in [9.17, 15) is 14.9 Å². The zero-order valence-electron chi connectivity index (χ0n) is 9.71. The van der Waals surface area contributed by atoms with Crippen LogP contribution in [0.25, 0.3) is 0 Å². The summed E-state index contributed by atoms with van der Waals surface area (Å²) in [6, 6.07) is 2.83. The summed E-state index contributed by atoms with van der Waals surface area (Å²) in [6.45, 7) is 1.15. The Morgan fingerprint density at radius 2 is 2.29 bits per heavy atom. The molecule has 0 aliphatic carbocycles. The minimum absolute atomic E-state index is 0.0151. The van der Waals surface area contributed by atoms with Crippen LogP contribution in [0.15, 0.2) is 12.1 Å². The van der Waals surface area contributed by atoms with Gasteiger partial charge in [-0.1, -0.05) is 11.3 Å². The number of nitrogens with zero attached hydrogens (tertiary/aromatic N) is 2. The summed E-state index contributed by atoms with van der Waals surface area (Å²) in [4.78, 5) is 23.8. The number of ether oxygens (including phenoxy) is 1. The number of nitro groups is 1. The minimum atomic E-state index is -0.494. The van der Waals surface area contributed by atoms with Crippen LogP contribution in [0.3, 0.4) is 0 Å². The highest BCUT2D eigenvalue weighted by Gasteiger charge is 2.17. The smallest absolute Gasteiger partial charge is 0.324 e. The highest BCUT2D eigenvalue weighted by molar-refractivity contribution is 7.17. The van der Waals surface area contributed by atoms with Gasteiger partial charge in [0.15, 0.2) is 0 Å². The Balaban J connectivity index is 2.58. The fourth-order valence-electron chi connectivity index (χ4n) is 1.28. The number of carbonyl (C=O) groups is 1. The maximum absolute atomic E-state index is 11.8. The number of rotatable bonds is 6. The van der Waals surface area contributed by atoms with E-state index < -0.39 is 4.92 Å². The first-order chi connectivity index (χ1) is 8.06. The highest BCUT2D eigenvalue weighted by atomic mass is 32.1. The van der Waals surface area contributed by atoms with Crippen LogP contribution in [0.4, 0.5) is 5.00 Å². The van der Waals surface area contributed by atoms with E-state index in [1.807, 2.05) is 0 Å². The lowest BCUT2D eigenvalue weighted by molar-refractivity contribution is -0.380. The summed E-state index contributed by atoms with van der Waals surface area (Å²) in [7, 11) is 3.27. The van der Waals surface area contributed by atoms with Crippen molar-refractivity contribution in [2.75, 3.05) is 27.3 Å². The SMILES string of the molecule is COCCCN(C)C(=O)c1ccc([N+](=O)[O-])s1. The molecule has 0 aliphatic rings. The molecule has 1 aromatic rings. The van der Waals surface area contributed by atoms with Crippen molar-refractivity contribution in [1.82, 2.24) is 4.90 Å². The van der Waals surface area contributed by atoms with Crippen LogP contribution < -0.4 is 0 Å². The van der Waals surface area contributed by atoms with Gasteiger partial charge in [0.1, 0.15) is 0 Å². The van der Waals surface area contributed by atoms with Crippen molar-refractivity contribution >= 4 is 22.2 Å². The van der Waals surface area contributed by atoms with Crippen molar-refractivity contribution in [2.24, 2.45) is 0 Å². The molecule has 7 heteroatoms. The number of hydrogen-bond donors (Lipinski definition) is 0. The number of methoxy groups -OCH3 is 1. The molecule has 0 N–H and O–H groups in total. The first-order valence-electron chi connectivity index (χ1n) is 5.05. The van der Waals surface area contributed by atoms with Gasteiger partial charge in [0.25, 0.3) is 5.91 Å². The molecule has 0 saturated heterocycles. The maximum Gasteiger partial charge on any atom is 0.324 e. The second-order valence-corrected chi connectivity index (χ2v) is 4.53. The monoisotopic (exact) mass is 258 g/mol. The van der Waals surface area contributed by atoms with Crippen molar-refractivity contribution in [2.45, 2.75) is 6.42 Å². The zero-order chi connectivity index (χ0) is 12.8. The van der Waals surface area contributed by atoms with Gasteiger partial charge in [0.05, 0.1) is 9.80 Å². The number of hydrogen-bond acceptors (Lipinski definition) is 5. The Labute approximate surface area is 103 Å². The molecule has 0 bridgehead atoms. The van der Waals surface area contributed by atoms with E-state index in [0.29, 0.717) is 18.0 Å². The molecular weight excluding hydrogens is 244 g/mol. The summed E-state index contributed by atoms with van der Waals surface area (Å²) >= 11 is 0.895. The Bertz CT molecular complexity index is 405. The first-order valence-corrected chi connectivity index (χ1v) is 5.86. The van der Waals surface area contributed by atoms with Crippen LogP contribution in [0.1, 0.15) is 16.1 Å². The van der Waals surface area contributed by atoms with Crippen LogP contribution in [0, 0.1) is 10.1 Å². The van der Waals surface area contributed by atoms with Crippen LogP contribution in [-0.4, -0.2) is 43.0 Å². The Kier molecular flexibility index (Phi) is 5.05. The molecule has 0 aliphatic heterocycles. The lowest BCUT2D eigenvalue weighted by atomic mass is 10.3. The average Bonchev–Trinajstić information content (AvgIpc) is 2.77. The lowest BCUT2D eigenvalue weighted by Crippen LogP contribution is -2.27. The molecule has 0 atom stereocenters. The molecule has 17 heavy (non-hydrogen) atoms. The summed E-state index contributed by atoms with van der Waals surface area (Å²) in [5.74, 6) is -0.195. The number of carbonyl (C=O) groups excluding carboxylic acids is 1. The molecular formula is C10H14N2O4S. The van der Waals surface area contributed by atoms with E-state index in [-0.39, 0.29) is 10.9 Å². The van der Waals surface area contributed by atoms with Crippen molar-refractivity contribution in [3.05, 3.63) is 27.1 Å². The fraction of sp³-hybridized carbons (Fsp3) is 0.500. The van der Waals surface area contributed by atoms with E-state index in [0.717, 1.165) is 17.8 Å². The third-order valence-corrected chi connectivity index (χ3v) is 3.20. The topological polar surface area (TPSA) is 72.7 Å². The molecule has 1 rings (SSSR count). The third-order valence-electron chi connectivity index (χ3n) is 2.17. The fourth-order valence-corrected chi connectivity index (χ4v) is 2.09. The van der Waals surface area contributed by atoms with Gasteiger partial charge in [-0.25, -0.2) is 0 Å². The van der Waals surface area contributed by atoms with Crippen LogP contribution in [0.2, 0.25) is 0 Å². The van der Waals surface area contributed by atoms with Gasteiger partial charge in [-0.15, -0.1) is 0 Å². The standard InChI is InChI=1S/C10H14N2O4S/c1-11(6-3-7-16-2)10(13)8-4-5-9(17-8)12(14)15/h4-5H,3,6-7H2,1-2H3. The molecule has 0 saturated carbocycles. The highest BCUT2D eigenvalue weighted by Crippen LogP contribution is 2.24. The van der Waals surface area contributed by atoms with Gasteiger partial charge >= 0.3 is 5.00 Å². The number of thiophene rings is 1. The molecule has 0 aromatic carbocycles. The first kappa shape index (κ1) is 13.6. The van der Waals surface area contributed by atoms with Crippen molar-refractivity contribution in [3.8, 4) is 0 Å². The van der Waals surface area contributed by atoms with Gasteiger partial charge < -0.3 is 9.64 Å². The summed E-state index contributed by atoms with van der Waals surface area (Å²) in [5.41, 5.74) is 0. The Hall–Kier alpha value is -1.47. The van der Waals surface area contributed by atoms with E-state index in [1.165, 1.54) is 17.0 Å². The summed E-state index contributed by atoms with van der Waals surface area (Å²) in [6.07, 6.45) is 0.742. The average molecular weight is 258 g/mol. The van der Waals surface area contributed by atoms with E-state index >= 15 is 0 Å². The summed E-state index contributed by atoms with van der Waals surface area (Å²) < 4.78 is 4.89. The van der Waals surface area contributed by atoms with E-state index in [4.69, 9.17) is 4.74 Å². The summed E-state index contributed by atoms with van der Waals surface area (Å²) in [5, 5.41) is 10.5. The second kappa shape index (κ2) is 6.31. The van der Waals surface area contributed by atoms with Crippen LogP contribution in [-0.2, 0) is 4.74 Å². The second-order valence-electron chi connectivity index (χ2n) is 3.47. The van der Waals surface area contributed by atoms with Gasteiger partial charge in [-0.3, -0.25) is 14.9 Å². The Morgan fingerprint density at radius 3 is 2.82 bits per heavy atom. The van der Waals surface area contributed by atoms with Crippen molar-refractivity contribution in [1.29, 1.82) is 0 Å². The maximum atomic E-state index is 11.8. The van der Waals surface area contributed by atoms with E-state index in [1.54, 1.807) is 14.2 Å². The Morgan fingerprint density at radius 1 is 1.59 bits per heavy atom. The zero-order valence-corrected chi connectivity index (χ0v) is 10.5. The van der Waals surface area contributed by atoms with E-state index in [2.05, 4.69) is 0 Å². The third kappa shape index (κ3) is 3.79. The normalized spacial score (nSPS) is 10.2. The molecule has 0 fully saturated rings. The van der Waals surface area contributed by atoms with Crippen LogP contribution >= 0.6 is 11.3 Å². The van der Waals surface area contributed by atoms with Crippen molar-refractivity contribution < 1.29 is 14.5 Å². The minimum Gasteiger partial charge on any atom is -0.385 e. The quantitative estimate of drug-likeness (QED) is 0.443. The predicted molar refractivity (Wildman–Crippen MR) is 64.4 cm³/mol. The lowest BCUT2D eigenvalue weighted by Gasteiger charge is -2.15. The number of amides is 1. The van der Waals surface area contributed by atoms with Gasteiger partial charge in [-0.05, 0) is 12.5 Å². The molecule has 0 radical (unpaired) electrons. The van der Waals surface area contributed by atoms with Gasteiger partial charge in [-0.2, -0.15) is 0 Å². The molecule has 0 spiro atoms. The predicted octanol–water partition coefficient (Wildman–Crippen LogP) is 1.76. The molecule has 1 heterocycles.